The average Bonchev–Trinajstić information content (AvgIpc) is 3.11. The SMILES string of the molecule is CN(CCNc1nc2ccc(N)cc2[nH]1)C1CC1. The first kappa shape index (κ1) is 11.3. The summed E-state index contributed by atoms with van der Waals surface area (Å²) in [6.07, 6.45) is 2.70. The van der Waals surface area contributed by atoms with Gasteiger partial charge in [-0.2, -0.15) is 0 Å². The van der Waals surface area contributed by atoms with Crippen LogP contribution in [0.4, 0.5) is 11.6 Å². The zero-order valence-electron chi connectivity index (χ0n) is 10.6. The summed E-state index contributed by atoms with van der Waals surface area (Å²) >= 11 is 0. The molecule has 1 saturated carbocycles. The van der Waals surface area contributed by atoms with Gasteiger partial charge in [0.15, 0.2) is 0 Å². The third kappa shape index (κ3) is 2.41. The van der Waals surface area contributed by atoms with Gasteiger partial charge in [-0.25, -0.2) is 4.98 Å². The van der Waals surface area contributed by atoms with Crippen LogP contribution >= 0.6 is 0 Å². The van der Waals surface area contributed by atoms with E-state index in [1.165, 1.54) is 12.8 Å². The molecule has 0 aliphatic heterocycles. The smallest absolute Gasteiger partial charge is 0.201 e. The van der Waals surface area contributed by atoms with Crippen LogP contribution in [0.15, 0.2) is 18.2 Å². The summed E-state index contributed by atoms with van der Waals surface area (Å²) < 4.78 is 0. The molecule has 96 valence electrons. The molecule has 5 nitrogen and oxygen atoms in total. The fraction of sp³-hybridized carbons (Fsp3) is 0.462. The fourth-order valence-corrected chi connectivity index (χ4v) is 2.16. The highest BCUT2D eigenvalue weighted by Gasteiger charge is 2.25. The first-order valence-corrected chi connectivity index (χ1v) is 6.42. The molecule has 0 spiro atoms. The largest absolute Gasteiger partial charge is 0.399 e. The van der Waals surface area contributed by atoms with Gasteiger partial charge in [-0.1, -0.05) is 0 Å². The van der Waals surface area contributed by atoms with E-state index in [1.807, 2.05) is 18.2 Å². The van der Waals surface area contributed by atoms with Crippen molar-refractivity contribution < 1.29 is 0 Å². The van der Waals surface area contributed by atoms with Gasteiger partial charge in [0.2, 0.25) is 5.95 Å². The predicted molar refractivity (Wildman–Crippen MR) is 74.6 cm³/mol. The quantitative estimate of drug-likeness (QED) is 0.701. The van der Waals surface area contributed by atoms with Gasteiger partial charge in [-0.15, -0.1) is 0 Å². The molecule has 0 unspecified atom stereocenters. The summed E-state index contributed by atoms with van der Waals surface area (Å²) in [6.45, 7) is 1.95. The van der Waals surface area contributed by atoms with E-state index in [2.05, 4.69) is 27.2 Å². The maximum absolute atomic E-state index is 5.74. The lowest BCUT2D eigenvalue weighted by atomic mass is 10.3. The molecule has 1 aliphatic rings. The van der Waals surface area contributed by atoms with Crippen LogP contribution in [0.1, 0.15) is 12.8 Å². The monoisotopic (exact) mass is 245 g/mol. The van der Waals surface area contributed by atoms with Crippen LogP contribution in [0.3, 0.4) is 0 Å². The summed E-state index contributed by atoms with van der Waals surface area (Å²) in [5, 5.41) is 3.32. The molecule has 0 bridgehead atoms. The number of aromatic nitrogens is 2. The number of hydrogen-bond acceptors (Lipinski definition) is 4. The Balaban J connectivity index is 1.60. The highest BCUT2D eigenvalue weighted by molar-refractivity contribution is 5.80. The lowest BCUT2D eigenvalue weighted by Gasteiger charge is -2.15. The van der Waals surface area contributed by atoms with Crippen LogP contribution < -0.4 is 11.1 Å². The molecule has 2 aromatic rings. The number of nitrogens with zero attached hydrogens (tertiary/aromatic N) is 2. The van der Waals surface area contributed by atoms with Gasteiger partial charge in [0.25, 0.3) is 0 Å². The van der Waals surface area contributed by atoms with Gasteiger partial charge in [-0.05, 0) is 38.1 Å². The molecular formula is C13H19N5. The lowest BCUT2D eigenvalue weighted by Crippen LogP contribution is -2.27. The Hall–Kier alpha value is -1.75. The van der Waals surface area contributed by atoms with Gasteiger partial charge in [0, 0.05) is 24.8 Å². The maximum Gasteiger partial charge on any atom is 0.201 e. The molecule has 1 heterocycles. The number of likely N-dealkylation sites (N-methyl/N-ethyl adjacent to an activating group) is 1. The van der Waals surface area contributed by atoms with E-state index in [1.54, 1.807) is 0 Å². The Bertz CT molecular complexity index is 543. The minimum atomic E-state index is 0.756. The number of nitrogen functional groups attached to an aromatic ring is 1. The van der Waals surface area contributed by atoms with Crippen LogP contribution in [0.2, 0.25) is 0 Å². The number of fused-ring (bicyclic) bond motifs is 1. The molecule has 4 N–H and O–H groups in total. The highest BCUT2D eigenvalue weighted by Crippen LogP contribution is 2.24. The first-order valence-electron chi connectivity index (χ1n) is 6.42. The number of nitrogens with one attached hydrogen (secondary N) is 2. The Morgan fingerprint density at radius 3 is 3.11 bits per heavy atom. The lowest BCUT2D eigenvalue weighted by molar-refractivity contribution is 0.337. The molecule has 0 atom stereocenters. The molecule has 1 fully saturated rings. The Morgan fingerprint density at radius 2 is 2.33 bits per heavy atom. The van der Waals surface area contributed by atoms with Crippen LogP contribution in [0.5, 0.6) is 0 Å². The number of benzene rings is 1. The van der Waals surface area contributed by atoms with Crippen molar-refractivity contribution >= 4 is 22.7 Å². The van der Waals surface area contributed by atoms with Gasteiger partial charge in [0.1, 0.15) is 0 Å². The summed E-state index contributed by atoms with van der Waals surface area (Å²) in [6, 6.07) is 6.52. The number of imidazole rings is 1. The van der Waals surface area contributed by atoms with Crippen molar-refractivity contribution in [2.24, 2.45) is 0 Å². The predicted octanol–water partition coefficient (Wildman–Crippen LogP) is 1.65. The second-order valence-electron chi connectivity index (χ2n) is 5.00. The number of rotatable bonds is 5. The number of hydrogen-bond donors (Lipinski definition) is 3. The molecule has 0 saturated heterocycles. The topological polar surface area (TPSA) is 70.0 Å². The second-order valence-corrected chi connectivity index (χ2v) is 5.00. The van der Waals surface area contributed by atoms with Gasteiger partial charge < -0.3 is 20.9 Å². The number of anilines is 2. The zero-order chi connectivity index (χ0) is 12.5. The molecular weight excluding hydrogens is 226 g/mol. The summed E-state index contributed by atoms with van der Waals surface area (Å²) in [5.41, 5.74) is 8.42. The normalized spacial score (nSPS) is 15.4. The van der Waals surface area contributed by atoms with Crippen molar-refractivity contribution in [3.8, 4) is 0 Å². The van der Waals surface area contributed by atoms with E-state index in [9.17, 15) is 0 Å². The minimum Gasteiger partial charge on any atom is -0.399 e. The number of aromatic amines is 1. The molecule has 0 amide bonds. The van der Waals surface area contributed by atoms with Crippen molar-refractivity contribution in [1.29, 1.82) is 0 Å². The summed E-state index contributed by atoms with van der Waals surface area (Å²) in [7, 11) is 2.18. The van der Waals surface area contributed by atoms with Crippen molar-refractivity contribution in [3.05, 3.63) is 18.2 Å². The average molecular weight is 245 g/mol. The molecule has 1 aromatic heterocycles. The number of nitrogens with two attached hydrogens (primary N) is 1. The van der Waals surface area contributed by atoms with Crippen molar-refractivity contribution in [2.45, 2.75) is 18.9 Å². The van der Waals surface area contributed by atoms with Crippen LogP contribution in [-0.4, -0.2) is 41.0 Å². The molecule has 0 radical (unpaired) electrons. The van der Waals surface area contributed by atoms with E-state index in [4.69, 9.17) is 5.73 Å². The standard InChI is InChI=1S/C13H19N5/c1-18(10-3-4-10)7-6-15-13-16-11-5-2-9(14)8-12(11)17-13/h2,5,8,10H,3-4,6-7,14H2,1H3,(H2,15,16,17). The fourth-order valence-electron chi connectivity index (χ4n) is 2.16. The zero-order valence-corrected chi connectivity index (χ0v) is 10.6. The van der Waals surface area contributed by atoms with E-state index in [0.717, 1.165) is 41.8 Å². The first-order chi connectivity index (χ1) is 8.72. The second kappa shape index (κ2) is 4.49. The molecule has 1 aromatic carbocycles. The van der Waals surface area contributed by atoms with E-state index in [-0.39, 0.29) is 0 Å². The Labute approximate surface area is 106 Å². The molecule has 18 heavy (non-hydrogen) atoms. The highest BCUT2D eigenvalue weighted by atomic mass is 15.2. The minimum absolute atomic E-state index is 0.756. The summed E-state index contributed by atoms with van der Waals surface area (Å²) in [4.78, 5) is 10.1. The van der Waals surface area contributed by atoms with E-state index in [0.29, 0.717) is 0 Å². The molecule has 3 rings (SSSR count). The third-order valence-electron chi connectivity index (χ3n) is 3.43. The van der Waals surface area contributed by atoms with Crippen molar-refractivity contribution in [2.75, 3.05) is 31.2 Å². The van der Waals surface area contributed by atoms with Crippen LogP contribution in [-0.2, 0) is 0 Å². The molecule has 1 aliphatic carbocycles. The Morgan fingerprint density at radius 1 is 1.50 bits per heavy atom. The number of H-pyrrole nitrogens is 1. The molecule has 5 heteroatoms. The van der Waals surface area contributed by atoms with E-state index >= 15 is 0 Å². The van der Waals surface area contributed by atoms with E-state index < -0.39 is 0 Å². The van der Waals surface area contributed by atoms with Gasteiger partial charge in [-0.3, -0.25) is 0 Å². The Kier molecular flexibility index (Phi) is 2.83. The third-order valence-corrected chi connectivity index (χ3v) is 3.43. The van der Waals surface area contributed by atoms with Crippen molar-refractivity contribution in [1.82, 2.24) is 14.9 Å². The maximum atomic E-state index is 5.74. The van der Waals surface area contributed by atoms with Crippen LogP contribution in [0.25, 0.3) is 11.0 Å². The van der Waals surface area contributed by atoms with Gasteiger partial charge >= 0.3 is 0 Å². The van der Waals surface area contributed by atoms with Gasteiger partial charge in [0.05, 0.1) is 11.0 Å². The van der Waals surface area contributed by atoms with Crippen LogP contribution in [0, 0.1) is 0 Å². The van der Waals surface area contributed by atoms with Crippen molar-refractivity contribution in [3.63, 3.8) is 0 Å². The summed E-state index contributed by atoms with van der Waals surface area (Å²) in [5.74, 6) is 0.819.